The number of aryl methyl sites for hydroxylation is 1. The minimum absolute atomic E-state index is 0.113. The van der Waals surface area contributed by atoms with E-state index in [4.69, 9.17) is 4.42 Å². The topological polar surface area (TPSA) is 54.3 Å². The quantitative estimate of drug-likeness (QED) is 0.915. The van der Waals surface area contributed by atoms with Crippen LogP contribution in [-0.4, -0.2) is 24.5 Å². The molecule has 22 heavy (non-hydrogen) atoms. The lowest BCUT2D eigenvalue weighted by atomic mass is 10.1. The molecule has 4 nitrogen and oxygen atoms in total. The number of piperidine rings is 1. The van der Waals surface area contributed by atoms with Gasteiger partial charge in [0, 0.05) is 17.6 Å². The molecule has 2 N–H and O–H groups in total. The third kappa shape index (κ3) is 2.44. The highest BCUT2D eigenvalue weighted by Crippen LogP contribution is 2.31. The van der Waals surface area contributed by atoms with Crippen LogP contribution >= 0.6 is 0 Å². The summed E-state index contributed by atoms with van der Waals surface area (Å²) >= 11 is 0. The van der Waals surface area contributed by atoms with E-state index >= 15 is 0 Å². The Labute approximate surface area is 129 Å². The number of hydrogen-bond acceptors (Lipinski definition) is 3. The molecule has 1 aromatic heterocycles. The summed E-state index contributed by atoms with van der Waals surface area (Å²) in [5.74, 6) is 1.73. The molecule has 3 atom stereocenters. The second kappa shape index (κ2) is 5.29. The van der Waals surface area contributed by atoms with Gasteiger partial charge in [-0.1, -0.05) is 23.8 Å². The van der Waals surface area contributed by atoms with Crippen molar-refractivity contribution in [3.63, 3.8) is 0 Å². The van der Waals surface area contributed by atoms with E-state index in [0.29, 0.717) is 11.8 Å². The second-order valence-corrected chi connectivity index (χ2v) is 6.47. The summed E-state index contributed by atoms with van der Waals surface area (Å²) in [5.41, 5.74) is 2.17. The van der Waals surface area contributed by atoms with Gasteiger partial charge in [-0.05, 0) is 50.4 Å². The summed E-state index contributed by atoms with van der Waals surface area (Å²) in [5, 5.41) is 6.56. The lowest BCUT2D eigenvalue weighted by Gasteiger charge is -2.23. The zero-order valence-electron chi connectivity index (χ0n) is 12.6. The Bertz CT molecular complexity index is 707. The van der Waals surface area contributed by atoms with Crippen LogP contribution in [0.5, 0.6) is 0 Å². The highest BCUT2D eigenvalue weighted by atomic mass is 16.3. The summed E-state index contributed by atoms with van der Waals surface area (Å²) in [6.07, 6.45) is 2.26. The Morgan fingerprint density at radius 1 is 1.27 bits per heavy atom. The first-order valence-electron chi connectivity index (χ1n) is 7.90. The number of benzene rings is 1. The summed E-state index contributed by atoms with van der Waals surface area (Å²) in [7, 11) is 0. The lowest BCUT2D eigenvalue weighted by molar-refractivity contribution is 0.0901. The largest absolute Gasteiger partial charge is 0.451 e. The number of hydrogen-bond donors (Lipinski definition) is 2. The first-order valence-corrected chi connectivity index (χ1v) is 7.90. The van der Waals surface area contributed by atoms with Crippen LogP contribution in [0, 0.1) is 12.8 Å². The van der Waals surface area contributed by atoms with E-state index in [1.54, 1.807) is 6.07 Å². The molecule has 4 rings (SSSR count). The Morgan fingerprint density at radius 2 is 2.18 bits per heavy atom. The van der Waals surface area contributed by atoms with Crippen molar-refractivity contribution in [2.24, 2.45) is 5.92 Å². The molecule has 1 aliphatic heterocycles. The van der Waals surface area contributed by atoms with Crippen molar-refractivity contribution in [3.8, 4) is 11.3 Å². The fourth-order valence-corrected chi connectivity index (χ4v) is 3.67. The van der Waals surface area contributed by atoms with Crippen molar-refractivity contribution in [1.29, 1.82) is 0 Å². The van der Waals surface area contributed by atoms with E-state index in [1.165, 1.54) is 12.0 Å². The SMILES string of the molecule is Cc1cccc(-c2ccc(C(=O)NC3CC4CNC3C4)o2)c1. The van der Waals surface area contributed by atoms with Gasteiger partial charge in [0.15, 0.2) is 5.76 Å². The number of rotatable bonds is 3. The molecule has 2 fully saturated rings. The van der Waals surface area contributed by atoms with Crippen LogP contribution in [0.25, 0.3) is 11.3 Å². The number of fused-ring (bicyclic) bond motifs is 2. The van der Waals surface area contributed by atoms with E-state index in [-0.39, 0.29) is 11.9 Å². The van der Waals surface area contributed by atoms with Gasteiger partial charge in [0.25, 0.3) is 5.91 Å². The molecule has 1 aliphatic carbocycles. The van der Waals surface area contributed by atoms with Crippen molar-refractivity contribution in [3.05, 3.63) is 47.7 Å². The Kier molecular flexibility index (Phi) is 3.26. The van der Waals surface area contributed by atoms with Gasteiger partial charge < -0.3 is 15.1 Å². The van der Waals surface area contributed by atoms with Gasteiger partial charge in [0.05, 0.1) is 0 Å². The van der Waals surface area contributed by atoms with E-state index in [0.717, 1.165) is 30.2 Å². The molecule has 1 aromatic carbocycles. The number of furan rings is 1. The van der Waals surface area contributed by atoms with Crippen LogP contribution in [-0.2, 0) is 0 Å². The van der Waals surface area contributed by atoms with Crippen LogP contribution < -0.4 is 10.6 Å². The fourth-order valence-electron chi connectivity index (χ4n) is 3.67. The van der Waals surface area contributed by atoms with Crippen LogP contribution in [0.3, 0.4) is 0 Å². The summed E-state index contributed by atoms with van der Waals surface area (Å²) in [6.45, 7) is 3.14. The highest BCUT2D eigenvalue weighted by molar-refractivity contribution is 5.92. The minimum atomic E-state index is -0.113. The van der Waals surface area contributed by atoms with Crippen molar-refractivity contribution in [1.82, 2.24) is 10.6 Å². The Hall–Kier alpha value is -2.07. The number of carbonyl (C=O) groups is 1. The molecule has 3 unspecified atom stereocenters. The van der Waals surface area contributed by atoms with Gasteiger partial charge in [0.1, 0.15) is 5.76 Å². The van der Waals surface area contributed by atoms with Gasteiger partial charge >= 0.3 is 0 Å². The molecule has 4 heteroatoms. The fraction of sp³-hybridized carbons (Fsp3) is 0.389. The maximum absolute atomic E-state index is 12.4. The maximum atomic E-state index is 12.4. The van der Waals surface area contributed by atoms with Crippen molar-refractivity contribution in [2.45, 2.75) is 31.8 Å². The van der Waals surface area contributed by atoms with Gasteiger partial charge in [-0.3, -0.25) is 4.79 Å². The normalized spacial score (nSPS) is 26.3. The average Bonchev–Trinajstić information content (AvgIpc) is 3.23. The molecule has 2 heterocycles. The van der Waals surface area contributed by atoms with Gasteiger partial charge in [-0.15, -0.1) is 0 Å². The minimum Gasteiger partial charge on any atom is -0.451 e. The Morgan fingerprint density at radius 3 is 2.91 bits per heavy atom. The molecular formula is C18H20N2O2. The number of amides is 1. The van der Waals surface area contributed by atoms with Gasteiger partial charge in [0.2, 0.25) is 0 Å². The van der Waals surface area contributed by atoms with E-state index in [2.05, 4.69) is 16.7 Å². The molecule has 1 saturated carbocycles. The van der Waals surface area contributed by atoms with Crippen LogP contribution in [0.4, 0.5) is 0 Å². The molecule has 0 spiro atoms. The molecule has 0 radical (unpaired) electrons. The third-order valence-electron chi connectivity index (χ3n) is 4.78. The molecule has 114 valence electrons. The smallest absolute Gasteiger partial charge is 0.287 e. The van der Waals surface area contributed by atoms with E-state index in [1.807, 2.05) is 31.2 Å². The van der Waals surface area contributed by atoms with Crippen molar-refractivity contribution in [2.75, 3.05) is 6.54 Å². The zero-order chi connectivity index (χ0) is 15.1. The second-order valence-electron chi connectivity index (χ2n) is 6.47. The third-order valence-corrected chi connectivity index (χ3v) is 4.78. The summed E-state index contributed by atoms with van der Waals surface area (Å²) in [4.78, 5) is 12.4. The first-order chi connectivity index (χ1) is 10.7. The molecule has 2 bridgehead atoms. The van der Waals surface area contributed by atoms with Gasteiger partial charge in [-0.2, -0.15) is 0 Å². The van der Waals surface area contributed by atoms with Gasteiger partial charge in [-0.25, -0.2) is 0 Å². The maximum Gasteiger partial charge on any atom is 0.287 e. The van der Waals surface area contributed by atoms with E-state index in [9.17, 15) is 4.79 Å². The Balaban J connectivity index is 1.48. The highest BCUT2D eigenvalue weighted by Gasteiger charge is 2.40. The zero-order valence-corrected chi connectivity index (χ0v) is 12.6. The summed E-state index contributed by atoms with van der Waals surface area (Å²) in [6, 6.07) is 12.4. The molecule has 2 aliphatic rings. The van der Waals surface area contributed by atoms with Crippen LogP contribution in [0.15, 0.2) is 40.8 Å². The molecule has 2 aromatic rings. The van der Waals surface area contributed by atoms with Crippen LogP contribution in [0.2, 0.25) is 0 Å². The predicted octanol–water partition coefficient (Wildman–Crippen LogP) is 2.74. The molecule has 1 amide bonds. The van der Waals surface area contributed by atoms with Crippen LogP contribution in [0.1, 0.15) is 29.0 Å². The monoisotopic (exact) mass is 296 g/mol. The first kappa shape index (κ1) is 13.6. The molecule has 1 saturated heterocycles. The number of nitrogens with one attached hydrogen (secondary N) is 2. The number of carbonyl (C=O) groups excluding carboxylic acids is 1. The standard InChI is InChI=1S/C18H20N2O2/c1-11-3-2-4-13(7-11)16-5-6-17(22-16)18(21)20-15-9-12-8-14(15)19-10-12/h2-7,12,14-15,19H,8-10H2,1H3,(H,20,21). The van der Waals surface area contributed by atoms with Crippen molar-refractivity contribution < 1.29 is 9.21 Å². The van der Waals surface area contributed by atoms with E-state index < -0.39 is 0 Å². The average molecular weight is 296 g/mol. The molecular weight excluding hydrogens is 276 g/mol. The lowest BCUT2D eigenvalue weighted by Crippen LogP contribution is -2.47. The predicted molar refractivity (Wildman–Crippen MR) is 84.6 cm³/mol. The summed E-state index contributed by atoms with van der Waals surface area (Å²) < 4.78 is 5.74. The van der Waals surface area contributed by atoms with Crippen molar-refractivity contribution >= 4 is 5.91 Å².